The van der Waals surface area contributed by atoms with Gasteiger partial charge >= 0.3 is 0 Å². The van der Waals surface area contributed by atoms with Gasteiger partial charge in [0.1, 0.15) is 0 Å². The van der Waals surface area contributed by atoms with E-state index in [1.807, 2.05) is 6.07 Å². The summed E-state index contributed by atoms with van der Waals surface area (Å²) in [6.07, 6.45) is 6.45. The number of carbonyl (C=O) groups is 1. The summed E-state index contributed by atoms with van der Waals surface area (Å²) in [6.45, 7) is 10.1. The fraction of sp³-hybridized carbons (Fsp3) is 0.706. The van der Waals surface area contributed by atoms with Gasteiger partial charge in [-0.15, -0.1) is 0 Å². The molecule has 1 atom stereocenters. The van der Waals surface area contributed by atoms with Crippen molar-refractivity contribution in [3.8, 4) is 0 Å². The molecule has 1 aliphatic carbocycles. The zero-order valence-electron chi connectivity index (χ0n) is 13.0. The van der Waals surface area contributed by atoms with Gasteiger partial charge in [-0.05, 0) is 43.8 Å². The number of fused-ring (bicyclic) bond motifs is 1. The maximum atomic E-state index is 12.2. The van der Waals surface area contributed by atoms with Gasteiger partial charge < -0.3 is 4.57 Å². The SMILES string of the molecule is CCN1CCCC1Cn1ccc2c1CC(C)(C)CC2=O. The smallest absolute Gasteiger partial charge is 0.165 e. The summed E-state index contributed by atoms with van der Waals surface area (Å²) in [4.78, 5) is 14.8. The lowest BCUT2D eigenvalue weighted by Crippen LogP contribution is -2.34. The Labute approximate surface area is 122 Å². The molecule has 0 bridgehead atoms. The highest BCUT2D eigenvalue weighted by Crippen LogP contribution is 2.35. The first-order valence-electron chi connectivity index (χ1n) is 7.95. The summed E-state index contributed by atoms with van der Waals surface area (Å²) in [7, 11) is 0. The zero-order valence-corrected chi connectivity index (χ0v) is 13.0. The quantitative estimate of drug-likeness (QED) is 0.846. The Bertz CT molecular complexity index is 515. The molecule has 1 aliphatic heterocycles. The average molecular weight is 274 g/mol. The highest BCUT2D eigenvalue weighted by atomic mass is 16.1. The number of likely N-dealkylation sites (N-methyl/N-ethyl adjacent to an activating group) is 1. The molecule has 1 saturated heterocycles. The first-order chi connectivity index (χ1) is 9.50. The summed E-state index contributed by atoms with van der Waals surface area (Å²) >= 11 is 0. The van der Waals surface area contributed by atoms with Crippen molar-refractivity contribution < 1.29 is 4.79 Å². The highest BCUT2D eigenvalue weighted by Gasteiger charge is 2.33. The van der Waals surface area contributed by atoms with Crippen molar-refractivity contribution in [3.63, 3.8) is 0 Å². The minimum absolute atomic E-state index is 0.111. The van der Waals surface area contributed by atoms with Crippen LogP contribution in [0, 0.1) is 5.41 Å². The van der Waals surface area contributed by atoms with Crippen LogP contribution in [0.25, 0.3) is 0 Å². The number of nitrogens with zero attached hydrogens (tertiary/aromatic N) is 2. The molecule has 0 aromatic carbocycles. The van der Waals surface area contributed by atoms with Crippen molar-refractivity contribution >= 4 is 5.78 Å². The molecule has 0 spiro atoms. The van der Waals surface area contributed by atoms with Gasteiger partial charge in [-0.1, -0.05) is 20.8 Å². The van der Waals surface area contributed by atoms with Crippen LogP contribution in [0.5, 0.6) is 0 Å². The summed E-state index contributed by atoms with van der Waals surface area (Å²) in [5.74, 6) is 0.328. The Morgan fingerprint density at radius 1 is 1.35 bits per heavy atom. The Morgan fingerprint density at radius 2 is 2.15 bits per heavy atom. The Morgan fingerprint density at radius 3 is 2.90 bits per heavy atom. The van der Waals surface area contributed by atoms with Crippen molar-refractivity contribution in [2.75, 3.05) is 13.1 Å². The third-order valence-electron chi connectivity index (χ3n) is 4.98. The number of Topliss-reactive ketones (excluding diaryl/α,β-unsaturated/α-hetero) is 1. The Balaban J connectivity index is 1.84. The molecule has 2 heterocycles. The lowest BCUT2D eigenvalue weighted by Gasteiger charge is -2.31. The van der Waals surface area contributed by atoms with E-state index >= 15 is 0 Å². The number of rotatable bonds is 3. The average Bonchev–Trinajstić information content (AvgIpc) is 2.96. The number of hydrogen-bond donors (Lipinski definition) is 0. The molecule has 0 N–H and O–H groups in total. The third kappa shape index (κ3) is 2.44. The van der Waals surface area contributed by atoms with Crippen LogP contribution in [0.3, 0.4) is 0 Å². The minimum atomic E-state index is 0.111. The topological polar surface area (TPSA) is 25.2 Å². The molecular weight excluding hydrogens is 248 g/mol. The molecule has 1 aromatic heterocycles. The molecule has 1 unspecified atom stereocenters. The first kappa shape index (κ1) is 13.9. The van der Waals surface area contributed by atoms with E-state index < -0.39 is 0 Å². The van der Waals surface area contributed by atoms with E-state index in [2.05, 4.69) is 36.4 Å². The van der Waals surface area contributed by atoms with Crippen LogP contribution in [0.15, 0.2) is 12.3 Å². The molecule has 0 radical (unpaired) electrons. The van der Waals surface area contributed by atoms with Gasteiger partial charge in [-0.25, -0.2) is 0 Å². The second kappa shape index (κ2) is 5.03. The molecule has 20 heavy (non-hydrogen) atoms. The van der Waals surface area contributed by atoms with Crippen LogP contribution in [0.2, 0.25) is 0 Å². The second-order valence-corrected chi connectivity index (χ2v) is 7.19. The van der Waals surface area contributed by atoms with E-state index in [-0.39, 0.29) is 5.41 Å². The van der Waals surface area contributed by atoms with E-state index in [9.17, 15) is 4.79 Å². The van der Waals surface area contributed by atoms with Crippen molar-refractivity contribution in [2.24, 2.45) is 5.41 Å². The van der Waals surface area contributed by atoms with Crippen LogP contribution in [-0.4, -0.2) is 34.4 Å². The molecule has 1 aromatic rings. The minimum Gasteiger partial charge on any atom is -0.349 e. The highest BCUT2D eigenvalue weighted by molar-refractivity contribution is 5.98. The monoisotopic (exact) mass is 274 g/mol. The summed E-state index contributed by atoms with van der Waals surface area (Å²) < 4.78 is 2.35. The van der Waals surface area contributed by atoms with Crippen molar-refractivity contribution in [3.05, 3.63) is 23.5 Å². The van der Waals surface area contributed by atoms with Crippen LogP contribution in [0.1, 0.15) is 56.1 Å². The van der Waals surface area contributed by atoms with Crippen LogP contribution < -0.4 is 0 Å². The molecule has 110 valence electrons. The number of ketones is 1. The van der Waals surface area contributed by atoms with Crippen LogP contribution in [-0.2, 0) is 13.0 Å². The van der Waals surface area contributed by atoms with Crippen molar-refractivity contribution in [2.45, 2.75) is 59.0 Å². The van der Waals surface area contributed by atoms with Gasteiger partial charge in [0.05, 0.1) is 0 Å². The van der Waals surface area contributed by atoms with Gasteiger partial charge in [0.25, 0.3) is 0 Å². The fourth-order valence-electron chi connectivity index (χ4n) is 3.92. The summed E-state index contributed by atoms with van der Waals surface area (Å²) in [5.41, 5.74) is 2.36. The van der Waals surface area contributed by atoms with Gasteiger partial charge in [0.2, 0.25) is 0 Å². The predicted octanol–water partition coefficient (Wildman–Crippen LogP) is 3.13. The van der Waals surface area contributed by atoms with Gasteiger partial charge in [-0.3, -0.25) is 9.69 Å². The number of likely N-dealkylation sites (tertiary alicyclic amines) is 1. The number of carbonyl (C=O) groups excluding carboxylic acids is 1. The van der Waals surface area contributed by atoms with E-state index in [4.69, 9.17) is 0 Å². The van der Waals surface area contributed by atoms with Crippen molar-refractivity contribution in [1.29, 1.82) is 0 Å². The largest absolute Gasteiger partial charge is 0.349 e. The maximum Gasteiger partial charge on any atom is 0.165 e. The van der Waals surface area contributed by atoms with Crippen LogP contribution in [0.4, 0.5) is 0 Å². The van der Waals surface area contributed by atoms with Crippen LogP contribution >= 0.6 is 0 Å². The molecule has 0 amide bonds. The molecular formula is C17H26N2O. The van der Waals surface area contributed by atoms with E-state index in [0.29, 0.717) is 18.2 Å². The molecule has 3 heteroatoms. The fourth-order valence-corrected chi connectivity index (χ4v) is 3.92. The standard InChI is InChI=1S/C17H26N2O/c1-4-18-8-5-6-13(18)12-19-9-7-14-15(19)10-17(2,3)11-16(14)20/h7,9,13H,4-6,8,10-12H2,1-3H3. The number of hydrogen-bond acceptors (Lipinski definition) is 2. The predicted molar refractivity (Wildman–Crippen MR) is 81.1 cm³/mol. The Hall–Kier alpha value is -1.09. The van der Waals surface area contributed by atoms with E-state index in [1.54, 1.807) is 0 Å². The molecule has 1 fully saturated rings. The van der Waals surface area contributed by atoms with Gasteiger partial charge in [0, 0.05) is 36.5 Å². The molecule has 2 aliphatic rings. The second-order valence-electron chi connectivity index (χ2n) is 7.19. The normalized spacial score (nSPS) is 25.9. The summed E-state index contributed by atoms with van der Waals surface area (Å²) in [5, 5.41) is 0. The maximum absolute atomic E-state index is 12.2. The zero-order chi connectivity index (χ0) is 14.3. The third-order valence-corrected chi connectivity index (χ3v) is 4.98. The molecule has 3 rings (SSSR count). The van der Waals surface area contributed by atoms with Gasteiger partial charge in [-0.2, -0.15) is 0 Å². The Kier molecular flexibility index (Phi) is 3.49. The molecule has 3 nitrogen and oxygen atoms in total. The van der Waals surface area contributed by atoms with Crippen molar-refractivity contribution in [1.82, 2.24) is 9.47 Å². The first-order valence-corrected chi connectivity index (χ1v) is 7.95. The lowest BCUT2D eigenvalue weighted by atomic mass is 9.76. The van der Waals surface area contributed by atoms with Gasteiger partial charge in [0.15, 0.2) is 5.78 Å². The van der Waals surface area contributed by atoms with E-state index in [1.165, 1.54) is 25.1 Å². The van der Waals surface area contributed by atoms with E-state index in [0.717, 1.165) is 25.1 Å². The lowest BCUT2D eigenvalue weighted by molar-refractivity contribution is 0.0909. The number of aromatic nitrogens is 1. The molecule has 0 saturated carbocycles. The summed E-state index contributed by atoms with van der Waals surface area (Å²) in [6, 6.07) is 2.69.